The highest BCUT2D eigenvalue weighted by Gasteiger charge is 2.19. The van der Waals surface area contributed by atoms with Gasteiger partial charge in [0.15, 0.2) is 5.76 Å². The van der Waals surface area contributed by atoms with E-state index in [9.17, 15) is 4.79 Å². The zero-order valence-electron chi connectivity index (χ0n) is 13.1. The van der Waals surface area contributed by atoms with Gasteiger partial charge in [0, 0.05) is 31.3 Å². The molecule has 1 N–H and O–H groups in total. The van der Waals surface area contributed by atoms with E-state index in [-0.39, 0.29) is 5.91 Å². The van der Waals surface area contributed by atoms with Crippen LogP contribution in [0.2, 0.25) is 0 Å². The summed E-state index contributed by atoms with van der Waals surface area (Å²) in [5, 5.41) is 6.87. The van der Waals surface area contributed by atoms with Crippen LogP contribution >= 0.6 is 0 Å². The largest absolute Gasteiger partial charge is 0.497 e. The predicted molar refractivity (Wildman–Crippen MR) is 83.9 cm³/mol. The van der Waals surface area contributed by atoms with E-state index in [0.717, 1.165) is 24.3 Å². The summed E-state index contributed by atoms with van der Waals surface area (Å²) in [5.74, 6) is 1.76. The highest BCUT2D eigenvalue weighted by molar-refractivity contribution is 5.76. The topological polar surface area (TPSA) is 73.6 Å². The van der Waals surface area contributed by atoms with Crippen molar-refractivity contribution in [3.8, 4) is 17.1 Å². The first-order valence-electron chi connectivity index (χ1n) is 7.69. The highest BCUT2D eigenvalue weighted by atomic mass is 16.5. The van der Waals surface area contributed by atoms with Gasteiger partial charge in [-0.25, -0.2) is 0 Å². The number of hydrogen-bond donors (Lipinski definition) is 1. The third-order valence-corrected chi connectivity index (χ3v) is 3.88. The molecule has 1 amide bonds. The average Bonchev–Trinajstić information content (AvgIpc) is 3.24. The second-order valence-electron chi connectivity index (χ2n) is 5.62. The summed E-state index contributed by atoms with van der Waals surface area (Å²) < 4.78 is 15.8. The maximum atomic E-state index is 11.9. The Morgan fingerprint density at radius 1 is 1.43 bits per heavy atom. The van der Waals surface area contributed by atoms with Gasteiger partial charge in [-0.1, -0.05) is 17.3 Å². The molecule has 2 aromatic rings. The molecule has 1 aromatic carbocycles. The van der Waals surface area contributed by atoms with E-state index in [1.165, 1.54) is 0 Å². The molecule has 6 heteroatoms. The lowest BCUT2D eigenvalue weighted by molar-refractivity contribution is -0.122. The monoisotopic (exact) mass is 316 g/mol. The second kappa shape index (κ2) is 7.28. The van der Waals surface area contributed by atoms with E-state index in [0.29, 0.717) is 36.9 Å². The first-order valence-corrected chi connectivity index (χ1v) is 7.69. The Balaban J connectivity index is 1.55. The Morgan fingerprint density at radius 2 is 2.35 bits per heavy atom. The van der Waals surface area contributed by atoms with Gasteiger partial charge < -0.3 is 19.3 Å². The molecule has 0 unspecified atom stereocenters. The Morgan fingerprint density at radius 3 is 3.13 bits per heavy atom. The quantitative estimate of drug-likeness (QED) is 0.886. The lowest BCUT2D eigenvalue weighted by atomic mass is 10.1. The summed E-state index contributed by atoms with van der Waals surface area (Å²) >= 11 is 0. The van der Waals surface area contributed by atoms with Gasteiger partial charge in [0.2, 0.25) is 5.91 Å². The van der Waals surface area contributed by atoms with Crippen molar-refractivity contribution in [1.29, 1.82) is 0 Å². The molecular weight excluding hydrogens is 296 g/mol. The molecule has 3 rings (SSSR count). The van der Waals surface area contributed by atoms with Crippen molar-refractivity contribution in [3.05, 3.63) is 36.0 Å². The van der Waals surface area contributed by atoms with Gasteiger partial charge in [-0.15, -0.1) is 0 Å². The molecule has 0 spiro atoms. The highest BCUT2D eigenvalue weighted by Crippen LogP contribution is 2.24. The van der Waals surface area contributed by atoms with Crippen LogP contribution in [0.25, 0.3) is 11.3 Å². The molecule has 1 fully saturated rings. The second-order valence-corrected chi connectivity index (χ2v) is 5.62. The van der Waals surface area contributed by atoms with Crippen molar-refractivity contribution in [2.24, 2.45) is 5.92 Å². The molecule has 122 valence electrons. The summed E-state index contributed by atoms with van der Waals surface area (Å²) in [6.45, 7) is 1.79. The van der Waals surface area contributed by atoms with Gasteiger partial charge in [-0.3, -0.25) is 4.79 Å². The van der Waals surface area contributed by atoms with Crippen molar-refractivity contribution in [1.82, 2.24) is 10.5 Å². The van der Waals surface area contributed by atoms with Gasteiger partial charge in [-0.2, -0.15) is 0 Å². The molecule has 0 aliphatic carbocycles. The van der Waals surface area contributed by atoms with Crippen LogP contribution < -0.4 is 10.1 Å². The van der Waals surface area contributed by atoms with Crippen LogP contribution in [0.5, 0.6) is 5.75 Å². The molecule has 1 aliphatic rings. The molecule has 1 aromatic heterocycles. The standard InChI is InChI=1S/C17H20N2O4/c1-21-15-4-2-3-13(8-15)16-9-14(19-23-16)10-18-17(20)7-12-5-6-22-11-12/h2-4,8-9,12H,5-7,10-11H2,1H3,(H,18,20)/t12-/m1/s1. The molecule has 1 atom stereocenters. The van der Waals surface area contributed by atoms with Crippen molar-refractivity contribution in [2.45, 2.75) is 19.4 Å². The molecular formula is C17H20N2O4. The first kappa shape index (κ1) is 15.6. The summed E-state index contributed by atoms with van der Waals surface area (Å²) in [5.41, 5.74) is 1.58. The van der Waals surface area contributed by atoms with E-state index in [1.807, 2.05) is 30.3 Å². The first-order chi connectivity index (χ1) is 11.2. The molecule has 1 aliphatic heterocycles. The molecule has 1 saturated heterocycles. The molecule has 0 bridgehead atoms. The van der Waals surface area contributed by atoms with E-state index >= 15 is 0 Å². The molecule has 0 saturated carbocycles. The number of amides is 1. The minimum atomic E-state index is 0.0198. The van der Waals surface area contributed by atoms with Crippen LogP contribution in [-0.2, 0) is 16.1 Å². The predicted octanol–water partition coefficient (Wildman–Crippen LogP) is 2.39. The summed E-state index contributed by atoms with van der Waals surface area (Å²) in [4.78, 5) is 11.9. The number of carbonyl (C=O) groups excluding carboxylic acids is 1. The summed E-state index contributed by atoms with van der Waals surface area (Å²) in [6, 6.07) is 9.39. The third-order valence-electron chi connectivity index (χ3n) is 3.88. The number of hydrogen-bond acceptors (Lipinski definition) is 5. The average molecular weight is 316 g/mol. The lowest BCUT2D eigenvalue weighted by Gasteiger charge is -2.06. The number of benzene rings is 1. The number of rotatable bonds is 6. The lowest BCUT2D eigenvalue weighted by Crippen LogP contribution is -2.25. The fourth-order valence-electron chi connectivity index (χ4n) is 2.58. The van der Waals surface area contributed by atoms with Gasteiger partial charge in [-0.05, 0) is 24.5 Å². The molecule has 23 heavy (non-hydrogen) atoms. The van der Waals surface area contributed by atoms with Crippen LogP contribution in [-0.4, -0.2) is 31.4 Å². The van der Waals surface area contributed by atoms with E-state index in [1.54, 1.807) is 7.11 Å². The summed E-state index contributed by atoms with van der Waals surface area (Å²) in [7, 11) is 1.62. The molecule has 2 heterocycles. The Kier molecular flexibility index (Phi) is 4.92. The minimum Gasteiger partial charge on any atom is -0.497 e. The number of methoxy groups -OCH3 is 1. The zero-order valence-corrected chi connectivity index (χ0v) is 13.1. The Hall–Kier alpha value is -2.34. The van der Waals surface area contributed by atoms with Crippen molar-refractivity contribution in [2.75, 3.05) is 20.3 Å². The summed E-state index contributed by atoms with van der Waals surface area (Å²) in [6.07, 6.45) is 1.46. The third kappa shape index (κ3) is 4.10. The number of nitrogens with zero attached hydrogens (tertiary/aromatic N) is 1. The van der Waals surface area contributed by atoms with Gasteiger partial charge in [0.1, 0.15) is 11.4 Å². The van der Waals surface area contributed by atoms with E-state index in [2.05, 4.69) is 10.5 Å². The van der Waals surface area contributed by atoms with E-state index in [4.69, 9.17) is 14.0 Å². The van der Waals surface area contributed by atoms with Crippen molar-refractivity contribution >= 4 is 5.91 Å². The van der Waals surface area contributed by atoms with Crippen LogP contribution in [0.1, 0.15) is 18.5 Å². The maximum absolute atomic E-state index is 11.9. The molecule has 6 nitrogen and oxygen atoms in total. The van der Waals surface area contributed by atoms with Gasteiger partial charge in [0.25, 0.3) is 0 Å². The number of nitrogens with one attached hydrogen (secondary N) is 1. The zero-order chi connectivity index (χ0) is 16.1. The number of carbonyl (C=O) groups is 1. The Bertz CT molecular complexity index is 662. The van der Waals surface area contributed by atoms with Gasteiger partial charge in [0.05, 0.1) is 13.7 Å². The minimum absolute atomic E-state index is 0.0198. The van der Waals surface area contributed by atoms with Gasteiger partial charge >= 0.3 is 0 Å². The number of aromatic nitrogens is 1. The van der Waals surface area contributed by atoms with E-state index < -0.39 is 0 Å². The van der Waals surface area contributed by atoms with Crippen LogP contribution in [0, 0.1) is 5.92 Å². The van der Waals surface area contributed by atoms with Crippen molar-refractivity contribution in [3.63, 3.8) is 0 Å². The fraction of sp³-hybridized carbons (Fsp3) is 0.412. The Labute approximate surface area is 134 Å². The fourth-order valence-corrected chi connectivity index (χ4v) is 2.58. The van der Waals surface area contributed by atoms with Crippen molar-refractivity contribution < 1.29 is 18.8 Å². The SMILES string of the molecule is COc1cccc(-c2cc(CNC(=O)C[C@H]3CCOC3)no2)c1. The maximum Gasteiger partial charge on any atom is 0.220 e. The number of ether oxygens (including phenoxy) is 2. The normalized spacial score (nSPS) is 17.2. The van der Waals surface area contributed by atoms with Crippen LogP contribution in [0.3, 0.4) is 0 Å². The smallest absolute Gasteiger partial charge is 0.220 e. The van der Waals surface area contributed by atoms with Crippen LogP contribution in [0.4, 0.5) is 0 Å². The molecule has 0 radical (unpaired) electrons. The van der Waals surface area contributed by atoms with Crippen LogP contribution in [0.15, 0.2) is 34.9 Å².